The lowest BCUT2D eigenvalue weighted by molar-refractivity contribution is -0.141. The number of hydrogen-bond donors (Lipinski definition) is 2. The molecule has 0 radical (unpaired) electrons. The highest BCUT2D eigenvalue weighted by molar-refractivity contribution is 8.00. The summed E-state index contributed by atoms with van der Waals surface area (Å²) < 4.78 is 0. The van der Waals surface area contributed by atoms with Gasteiger partial charge in [-0.3, -0.25) is 9.59 Å². The summed E-state index contributed by atoms with van der Waals surface area (Å²) in [5, 5.41) is 11.3. The monoisotopic (exact) mass is 287 g/mol. The van der Waals surface area contributed by atoms with Crippen LogP contribution in [0.4, 0.5) is 0 Å². The summed E-state index contributed by atoms with van der Waals surface area (Å²) >= 11 is 7.28. The normalized spacial score (nSPS) is 13.7. The van der Waals surface area contributed by atoms with Crippen LogP contribution in [0.3, 0.4) is 0 Å². The van der Waals surface area contributed by atoms with Crippen LogP contribution in [-0.2, 0) is 9.59 Å². The van der Waals surface area contributed by atoms with E-state index < -0.39 is 17.3 Å². The topological polar surface area (TPSA) is 66.4 Å². The zero-order valence-electron chi connectivity index (χ0n) is 10.0. The number of amides is 1. The zero-order valence-corrected chi connectivity index (χ0v) is 11.6. The van der Waals surface area contributed by atoms with Crippen LogP contribution in [0.25, 0.3) is 0 Å². The van der Waals surface area contributed by atoms with Crippen LogP contribution in [0.2, 0.25) is 5.02 Å². The molecule has 0 saturated heterocycles. The van der Waals surface area contributed by atoms with Crippen LogP contribution in [0.5, 0.6) is 0 Å². The number of carbonyl (C=O) groups excluding carboxylic acids is 1. The maximum absolute atomic E-state index is 11.7. The van der Waals surface area contributed by atoms with Crippen molar-refractivity contribution in [3.05, 3.63) is 29.3 Å². The van der Waals surface area contributed by atoms with Gasteiger partial charge in [-0.05, 0) is 26.0 Å². The Labute approximate surface area is 115 Å². The Morgan fingerprint density at radius 3 is 2.50 bits per heavy atom. The maximum atomic E-state index is 11.7. The van der Waals surface area contributed by atoms with Crippen LogP contribution in [-0.4, -0.2) is 28.3 Å². The summed E-state index contributed by atoms with van der Waals surface area (Å²) in [4.78, 5) is 23.2. The van der Waals surface area contributed by atoms with E-state index >= 15 is 0 Å². The molecular formula is C12H14ClNO3S. The highest BCUT2D eigenvalue weighted by Crippen LogP contribution is 2.29. The zero-order chi connectivity index (χ0) is 13.7. The van der Waals surface area contributed by atoms with Gasteiger partial charge in [-0.15, -0.1) is 11.8 Å². The molecule has 0 aromatic heterocycles. The molecule has 0 bridgehead atoms. The van der Waals surface area contributed by atoms with Gasteiger partial charge in [-0.1, -0.05) is 23.7 Å². The maximum Gasteiger partial charge on any atom is 0.325 e. The molecule has 4 nitrogen and oxygen atoms in total. The number of benzene rings is 1. The molecule has 0 aliphatic heterocycles. The number of aliphatic carboxylic acids is 1. The molecule has 1 amide bonds. The Kier molecular flexibility index (Phi) is 5.50. The van der Waals surface area contributed by atoms with E-state index in [9.17, 15) is 9.59 Å². The van der Waals surface area contributed by atoms with Crippen molar-refractivity contribution in [3.63, 3.8) is 0 Å². The first-order valence-corrected chi connectivity index (χ1v) is 6.62. The Bertz CT molecular complexity index is 453. The Hall–Kier alpha value is -1.20. The van der Waals surface area contributed by atoms with Crippen LogP contribution in [0.1, 0.15) is 13.8 Å². The van der Waals surface area contributed by atoms with Crippen LogP contribution < -0.4 is 5.32 Å². The highest BCUT2D eigenvalue weighted by Gasteiger charge is 2.20. The molecule has 0 aliphatic rings. The predicted octanol–water partition coefficient (Wildman–Crippen LogP) is 2.41. The van der Waals surface area contributed by atoms with Gasteiger partial charge in [-0.2, -0.15) is 0 Å². The number of thioether (sulfide) groups is 1. The van der Waals surface area contributed by atoms with E-state index in [1.807, 2.05) is 18.2 Å². The SMILES string of the molecule is CC(NC(=O)C(C)Sc1ccccc1Cl)C(=O)O. The second-order valence-corrected chi connectivity index (χ2v) is 5.55. The second kappa shape index (κ2) is 6.66. The van der Waals surface area contributed by atoms with E-state index in [0.717, 1.165) is 4.90 Å². The van der Waals surface area contributed by atoms with Gasteiger partial charge >= 0.3 is 5.97 Å². The van der Waals surface area contributed by atoms with E-state index in [-0.39, 0.29) is 5.91 Å². The molecule has 1 aromatic carbocycles. The van der Waals surface area contributed by atoms with Crippen molar-refractivity contribution < 1.29 is 14.7 Å². The van der Waals surface area contributed by atoms with E-state index in [1.165, 1.54) is 18.7 Å². The molecule has 1 rings (SSSR count). The molecule has 0 saturated carbocycles. The van der Waals surface area contributed by atoms with E-state index in [1.54, 1.807) is 13.0 Å². The molecular weight excluding hydrogens is 274 g/mol. The molecule has 1 aromatic rings. The molecule has 2 unspecified atom stereocenters. The number of carbonyl (C=O) groups is 2. The van der Waals surface area contributed by atoms with Gasteiger partial charge in [0.1, 0.15) is 6.04 Å². The molecule has 18 heavy (non-hydrogen) atoms. The molecule has 98 valence electrons. The molecule has 2 N–H and O–H groups in total. The average Bonchev–Trinajstić information content (AvgIpc) is 2.31. The Balaban J connectivity index is 2.60. The average molecular weight is 288 g/mol. The molecule has 0 heterocycles. The predicted molar refractivity (Wildman–Crippen MR) is 72.0 cm³/mol. The van der Waals surface area contributed by atoms with Crippen molar-refractivity contribution in [2.75, 3.05) is 0 Å². The van der Waals surface area contributed by atoms with Crippen molar-refractivity contribution in [3.8, 4) is 0 Å². The van der Waals surface area contributed by atoms with Gasteiger partial charge in [0, 0.05) is 4.90 Å². The number of carboxylic acids is 1. The summed E-state index contributed by atoms with van der Waals surface area (Å²) in [5.41, 5.74) is 0. The second-order valence-electron chi connectivity index (χ2n) is 3.76. The Morgan fingerprint density at radius 2 is 1.94 bits per heavy atom. The lowest BCUT2D eigenvalue weighted by atomic mass is 10.3. The van der Waals surface area contributed by atoms with Crippen molar-refractivity contribution in [2.45, 2.75) is 30.0 Å². The third kappa shape index (κ3) is 4.23. The van der Waals surface area contributed by atoms with E-state index in [2.05, 4.69) is 5.32 Å². The van der Waals surface area contributed by atoms with Crippen molar-refractivity contribution in [1.29, 1.82) is 0 Å². The van der Waals surface area contributed by atoms with E-state index in [0.29, 0.717) is 5.02 Å². The van der Waals surface area contributed by atoms with Gasteiger partial charge in [0.15, 0.2) is 0 Å². The first-order chi connectivity index (χ1) is 8.41. The molecule has 6 heteroatoms. The number of rotatable bonds is 5. The van der Waals surface area contributed by atoms with Crippen molar-refractivity contribution in [2.24, 2.45) is 0 Å². The number of carboxylic acid groups (broad SMARTS) is 1. The van der Waals surface area contributed by atoms with Crippen molar-refractivity contribution >= 4 is 35.2 Å². The van der Waals surface area contributed by atoms with Crippen LogP contribution in [0.15, 0.2) is 29.2 Å². The molecule has 0 aliphatic carbocycles. The quantitative estimate of drug-likeness (QED) is 0.816. The van der Waals surface area contributed by atoms with Gasteiger partial charge in [-0.25, -0.2) is 0 Å². The molecule has 0 fully saturated rings. The van der Waals surface area contributed by atoms with Gasteiger partial charge < -0.3 is 10.4 Å². The standard InChI is InChI=1S/C12H14ClNO3S/c1-7(12(16)17)14-11(15)8(2)18-10-6-4-3-5-9(10)13/h3-8H,1-2H3,(H,14,15)(H,16,17). The minimum Gasteiger partial charge on any atom is -0.480 e. The first-order valence-electron chi connectivity index (χ1n) is 5.36. The van der Waals surface area contributed by atoms with Crippen LogP contribution >= 0.6 is 23.4 Å². The fourth-order valence-electron chi connectivity index (χ4n) is 1.18. The number of halogens is 1. The largest absolute Gasteiger partial charge is 0.480 e. The van der Waals surface area contributed by atoms with Crippen LogP contribution in [0, 0.1) is 0 Å². The van der Waals surface area contributed by atoms with Gasteiger partial charge in [0.05, 0.1) is 10.3 Å². The lowest BCUT2D eigenvalue weighted by Crippen LogP contribution is -2.42. The van der Waals surface area contributed by atoms with E-state index in [4.69, 9.17) is 16.7 Å². The fourth-order valence-corrected chi connectivity index (χ4v) is 2.34. The summed E-state index contributed by atoms with van der Waals surface area (Å²) in [6, 6.07) is 6.31. The van der Waals surface area contributed by atoms with Gasteiger partial charge in [0.2, 0.25) is 5.91 Å². The minimum absolute atomic E-state index is 0.324. The summed E-state index contributed by atoms with van der Waals surface area (Å²) in [6.07, 6.45) is 0. The third-order valence-electron chi connectivity index (χ3n) is 2.24. The van der Waals surface area contributed by atoms with Crippen molar-refractivity contribution in [1.82, 2.24) is 5.32 Å². The fraction of sp³-hybridized carbons (Fsp3) is 0.333. The first kappa shape index (κ1) is 14.9. The highest BCUT2D eigenvalue weighted by atomic mass is 35.5. The number of nitrogens with one attached hydrogen (secondary N) is 1. The number of hydrogen-bond acceptors (Lipinski definition) is 3. The summed E-state index contributed by atoms with van der Waals surface area (Å²) in [6.45, 7) is 3.13. The minimum atomic E-state index is -1.06. The molecule has 0 spiro atoms. The molecule has 2 atom stereocenters. The summed E-state index contributed by atoms with van der Waals surface area (Å²) in [5.74, 6) is -1.38. The third-order valence-corrected chi connectivity index (χ3v) is 3.86. The lowest BCUT2D eigenvalue weighted by Gasteiger charge is -2.14. The smallest absolute Gasteiger partial charge is 0.325 e. The Morgan fingerprint density at radius 1 is 1.33 bits per heavy atom. The van der Waals surface area contributed by atoms with Gasteiger partial charge in [0.25, 0.3) is 0 Å². The summed E-state index contributed by atoms with van der Waals surface area (Å²) in [7, 11) is 0.